The van der Waals surface area contributed by atoms with Crippen LogP contribution in [0.3, 0.4) is 0 Å². The molecule has 0 saturated heterocycles. The fourth-order valence-electron chi connectivity index (χ4n) is 4.13. The standard InChI is InChI=1S/C38H47Cl2N3O2/c1-2-3-4-5-6-7-8-9-10-11-12-13-14-15-16-17-18-19-20-28-36(44)41-29-30-42-37(45)31-32-24-21-22-27-35(32)43-38-33(39)25-23-26-34(38)40/h3-4,6-7,9-10,12-13,15-16,18-19,21-27,43H,2,5,8,11,14,17,20,28-31H2,1H3,(H,41,44)(H,42,45)/b4-3-,7-6-,10-9-,13-12?,16-15-,19-18-. The number of hydrogen-bond donors (Lipinski definition) is 3. The molecular weight excluding hydrogens is 601 g/mol. The lowest BCUT2D eigenvalue weighted by molar-refractivity contribution is -0.122. The lowest BCUT2D eigenvalue weighted by Gasteiger charge is -2.14. The molecule has 2 amide bonds. The maximum Gasteiger partial charge on any atom is 0.224 e. The highest BCUT2D eigenvalue weighted by molar-refractivity contribution is 6.39. The van der Waals surface area contributed by atoms with Gasteiger partial charge in [0, 0.05) is 25.2 Å². The lowest BCUT2D eigenvalue weighted by atomic mass is 10.1. The third-order valence-corrected chi connectivity index (χ3v) is 7.12. The van der Waals surface area contributed by atoms with E-state index in [1.165, 1.54) is 0 Å². The Balaban J connectivity index is 1.52. The molecule has 0 fully saturated rings. The summed E-state index contributed by atoms with van der Waals surface area (Å²) >= 11 is 12.6. The molecule has 5 nitrogen and oxygen atoms in total. The predicted octanol–water partition coefficient (Wildman–Crippen LogP) is 9.99. The molecule has 0 heterocycles. The number of benzene rings is 2. The van der Waals surface area contributed by atoms with E-state index < -0.39 is 0 Å². The first kappa shape index (κ1) is 37.4. The van der Waals surface area contributed by atoms with E-state index in [1.807, 2.05) is 30.3 Å². The summed E-state index contributed by atoms with van der Waals surface area (Å²) in [6, 6.07) is 12.8. The van der Waals surface area contributed by atoms with Crippen molar-refractivity contribution in [1.29, 1.82) is 0 Å². The highest BCUT2D eigenvalue weighted by atomic mass is 35.5. The Bertz CT molecular complexity index is 1320. The molecule has 0 saturated carbocycles. The number of para-hydroxylation sites is 2. The second-order valence-corrected chi connectivity index (χ2v) is 11.0. The fraction of sp³-hybridized carbons (Fsp3) is 0.316. The van der Waals surface area contributed by atoms with Crippen molar-refractivity contribution in [2.24, 2.45) is 0 Å². The maximum atomic E-state index is 12.5. The van der Waals surface area contributed by atoms with Gasteiger partial charge in [-0.25, -0.2) is 0 Å². The van der Waals surface area contributed by atoms with Gasteiger partial charge >= 0.3 is 0 Å². The van der Waals surface area contributed by atoms with E-state index in [0.717, 1.165) is 49.8 Å². The van der Waals surface area contributed by atoms with Gasteiger partial charge in [-0.15, -0.1) is 0 Å². The van der Waals surface area contributed by atoms with Gasteiger partial charge in [0.05, 0.1) is 22.2 Å². The monoisotopic (exact) mass is 647 g/mol. The van der Waals surface area contributed by atoms with Crippen LogP contribution in [0, 0.1) is 0 Å². The van der Waals surface area contributed by atoms with E-state index in [4.69, 9.17) is 23.2 Å². The van der Waals surface area contributed by atoms with E-state index >= 15 is 0 Å². The maximum absolute atomic E-state index is 12.5. The molecule has 3 N–H and O–H groups in total. The van der Waals surface area contributed by atoms with Crippen LogP contribution in [-0.4, -0.2) is 24.9 Å². The molecule has 0 aliphatic rings. The van der Waals surface area contributed by atoms with Crippen molar-refractivity contribution in [3.05, 3.63) is 131 Å². The molecule has 7 heteroatoms. The molecule has 0 unspecified atom stereocenters. The van der Waals surface area contributed by atoms with Gasteiger partial charge in [-0.1, -0.05) is 127 Å². The van der Waals surface area contributed by atoms with Gasteiger partial charge in [-0.3, -0.25) is 9.59 Å². The molecule has 2 rings (SSSR count). The van der Waals surface area contributed by atoms with Crippen LogP contribution in [0.25, 0.3) is 0 Å². The summed E-state index contributed by atoms with van der Waals surface area (Å²) in [6.45, 7) is 2.88. The van der Waals surface area contributed by atoms with Gasteiger partial charge in [-0.05, 0) is 68.7 Å². The first-order chi connectivity index (χ1) is 22.0. The van der Waals surface area contributed by atoms with Crippen LogP contribution >= 0.6 is 23.2 Å². The average molecular weight is 649 g/mol. The molecule has 240 valence electrons. The number of carbonyl (C=O) groups excluding carboxylic acids is 2. The third kappa shape index (κ3) is 17.9. The summed E-state index contributed by atoms with van der Waals surface area (Å²) in [6.07, 6.45) is 33.1. The van der Waals surface area contributed by atoms with Gasteiger partial charge in [0.2, 0.25) is 11.8 Å². The van der Waals surface area contributed by atoms with Gasteiger partial charge in [0.25, 0.3) is 0 Å². The Morgan fingerprint density at radius 3 is 1.67 bits per heavy atom. The zero-order valence-electron chi connectivity index (χ0n) is 26.3. The Morgan fingerprint density at radius 2 is 1.11 bits per heavy atom. The largest absolute Gasteiger partial charge is 0.354 e. The number of carbonyl (C=O) groups is 2. The van der Waals surface area contributed by atoms with E-state index in [2.05, 4.69) is 89.7 Å². The summed E-state index contributed by atoms with van der Waals surface area (Å²) in [4.78, 5) is 24.6. The summed E-state index contributed by atoms with van der Waals surface area (Å²) in [5.41, 5.74) is 2.16. The fourth-order valence-corrected chi connectivity index (χ4v) is 4.62. The minimum Gasteiger partial charge on any atom is -0.354 e. The van der Waals surface area contributed by atoms with Crippen molar-refractivity contribution in [2.75, 3.05) is 18.4 Å². The minimum absolute atomic E-state index is 0.0325. The van der Waals surface area contributed by atoms with Crippen molar-refractivity contribution in [3.63, 3.8) is 0 Å². The van der Waals surface area contributed by atoms with E-state index in [-0.39, 0.29) is 18.2 Å². The molecular formula is C38H47Cl2N3O2. The number of nitrogens with one attached hydrogen (secondary N) is 3. The summed E-state index contributed by atoms with van der Waals surface area (Å²) in [7, 11) is 0. The second-order valence-electron chi connectivity index (χ2n) is 10.2. The molecule has 0 aromatic heterocycles. The Labute approximate surface area is 279 Å². The van der Waals surface area contributed by atoms with Crippen LogP contribution < -0.4 is 16.0 Å². The van der Waals surface area contributed by atoms with Crippen LogP contribution in [0.4, 0.5) is 11.4 Å². The summed E-state index contributed by atoms with van der Waals surface area (Å²) < 4.78 is 0. The van der Waals surface area contributed by atoms with Gasteiger partial charge in [-0.2, -0.15) is 0 Å². The number of hydrogen-bond acceptors (Lipinski definition) is 3. The number of rotatable bonds is 21. The summed E-state index contributed by atoms with van der Waals surface area (Å²) in [5, 5.41) is 9.95. The summed E-state index contributed by atoms with van der Waals surface area (Å²) in [5.74, 6) is -0.170. The lowest BCUT2D eigenvalue weighted by Crippen LogP contribution is -2.35. The Kier molecular flexibility index (Phi) is 20.4. The molecule has 0 radical (unpaired) electrons. The van der Waals surface area contributed by atoms with Crippen LogP contribution in [0.5, 0.6) is 0 Å². The van der Waals surface area contributed by atoms with E-state index in [1.54, 1.807) is 18.2 Å². The quantitative estimate of drug-likeness (QED) is 0.0932. The van der Waals surface area contributed by atoms with Crippen LogP contribution in [0.1, 0.15) is 63.9 Å². The first-order valence-corrected chi connectivity index (χ1v) is 16.5. The van der Waals surface area contributed by atoms with Crippen molar-refractivity contribution < 1.29 is 9.59 Å². The van der Waals surface area contributed by atoms with Crippen molar-refractivity contribution in [3.8, 4) is 0 Å². The SMILES string of the molecule is CC/C=C\C/C=C\C/C=C\CC=CC/C=C\C/C=C\CCC(=O)NCCNC(=O)Cc1ccccc1Nc1c(Cl)cccc1Cl. The highest BCUT2D eigenvalue weighted by Gasteiger charge is 2.11. The molecule has 2 aromatic carbocycles. The predicted molar refractivity (Wildman–Crippen MR) is 193 cm³/mol. The third-order valence-electron chi connectivity index (χ3n) is 6.49. The highest BCUT2D eigenvalue weighted by Crippen LogP contribution is 2.33. The number of anilines is 2. The average Bonchev–Trinajstić information content (AvgIpc) is 3.03. The minimum atomic E-state index is -0.137. The molecule has 45 heavy (non-hydrogen) atoms. The molecule has 0 aliphatic heterocycles. The van der Waals surface area contributed by atoms with Crippen molar-refractivity contribution in [2.45, 2.75) is 64.7 Å². The zero-order valence-corrected chi connectivity index (χ0v) is 27.8. The smallest absolute Gasteiger partial charge is 0.224 e. The van der Waals surface area contributed by atoms with Gasteiger partial charge < -0.3 is 16.0 Å². The van der Waals surface area contributed by atoms with Crippen LogP contribution in [0.2, 0.25) is 10.0 Å². The Morgan fingerprint density at radius 1 is 0.622 bits per heavy atom. The van der Waals surface area contributed by atoms with E-state index in [9.17, 15) is 9.59 Å². The van der Waals surface area contributed by atoms with Crippen molar-refractivity contribution >= 4 is 46.4 Å². The van der Waals surface area contributed by atoms with E-state index in [0.29, 0.717) is 41.7 Å². The van der Waals surface area contributed by atoms with Crippen LogP contribution in [0.15, 0.2) is 115 Å². The number of amides is 2. The van der Waals surface area contributed by atoms with Crippen molar-refractivity contribution in [1.82, 2.24) is 10.6 Å². The van der Waals surface area contributed by atoms with Gasteiger partial charge in [0.1, 0.15) is 0 Å². The first-order valence-electron chi connectivity index (χ1n) is 15.7. The Hall–Kier alpha value is -3.80. The zero-order chi connectivity index (χ0) is 32.4. The number of halogens is 2. The molecule has 0 spiro atoms. The molecule has 0 bridgehead atoms. The topological polar surface area (TPSA) is 70.2 Å². The van der Waals surface area contributed by atoms with Crippen LogP contribution in [-0.2, 0) is 16.0 Å². The molecule has 2 aromatic rings. The normalized spacial score (nSPS) is 12.1. The molecule has 0 aliphatic carbocycles. The molecule has 0 atom stereocenters. The second kappa shape index (κ2) is 24.5. The van der Waals surface area contributed by atoms with Gasteiger partial charge in [0.15, 0.2) is 0 Å². The number of allylic oxidation sites excluding steroid dienone is 12.